The number of amides is 1. The lowest BCUT2D eigenvalue weighted by molar-refractivity contribution is -0.121. The van der Waals surface area contributed by atoms with Gasteiger partial charge >= 0.3 is 0 Å². The number of thioether (sulfide) groups is 1. The van der Waals surface area contributed by atoms with Crippen molar-refractivity contribution in [3.63, 3.8) is 0 Å². The summed E-state index contributed by atoms with van der Waals surface area (Å²) in [6.07, 6.45) is 4.76. The van der Waals surface area contributed by atoms with Gasteiger partial charge in [-0.1, -0.05) is 30.0 Å². The van der Waals surface area contributed by atoms with Crippen LogP contribution in [0.1, 0.15) is 11.3 Å². The number of furan rings is 1. The lowest BCUT2D eigenvalue weighted by Gasteiger charge is -2.10. The molecule has 0 aromatic carbocycles. The van der Waals surface area contributed by atoms with Crippen LogP contribution in [0, 0.1) is 0 Å². The number of carbonyl (C=O) groups excluding carboxylic acids is 1. The molecule has 136 valence electrons. The number of aromatic nitrogens is 2. The number of nitrogens with zero attached hydrogens (tertiary/aromatic N) is 3. The molecule has 1 fully saturated rings. The average Bonchev–Trinajstić information content (AvgIpc) is 3.27. The second-order valence-electron chi connectivity index (χ2n) is 5.78. The Hall–Kier alpha value is -2.91. The van der Waals surface area contributed by atoms with Crippen LogP contribution in [0.25, 0.3) is 11.7 Å². The van der Waals surface area contributed by atoms with E-state index in [0.29, 0.717) is 38.6 Å². The van der Waals surface area contributed by atoms with Gasteiger partial charge in [-0.15, -0.1) is 0 Å². The van der Waals surface area contributed by atoms with Gasteiger partial charge in [0.1, 0.15) is 21.5 Å². The van der Waals surface area contributed by atoms with Gasteiger partial charge in [0.25, 0.3) is 11.5 Å². The van der Waals surface area contributed by atoms with E-state index in [1.165, 1.54) is 9.30 Å². The van der Waals surface area contributed by atoms with Crippen molar-refractivity contribution in [2.45, 2.75) is 6.54 Å². The number of hydrogen-bond donors (Lipinski definition) is 1. The molecule has 4 heterocycles. The van der Waals surface area contributed by atoms with Gasteiger partial charge in [0, 0.05) is 13.2 Å². The summed E-state index contributed by atoms with van der Waals surface area (Å²) in [4.78, 5) is 31.7. The average molecular weight is 398 g/mol. The fourth-order valence-electron chi connectivity index (χ4n) is 2.63. The van der Waals surface area contributed by atoms with Crippen LogP contribution in [-0.2, 0) is 11.3 Å². The quantitative estimate of drug-likeness (QED) is 0.535. The molecule has 4 rings (SSSR count). The van der Waals surface area contributed by atoms with Crippen LogP contribution < -0.4 is 10.9 Å². The molecule has 1 N–H and O–H groups in total. The Morgan fingerprint density at radius 3 is 2.85 bits per heavy atom. The molecule has 0 unspecified atom stereocenters. The highest BCUT2D eigenvalue weighted by molar-refractivity contribution is 8.26. The standard InChI is InChI=1S/C18H14N4O3S2/c1-21-17(24)13(27-18(21)26)9-12-15(19-10-11-5-4-8-25-11)20-14-6-2-3-7-22(14)16(12)23/h2-9,19H,10H2,1H3/b13-9-. The summed E-state index contributed by atoms with van der Waals surface area (Å²) in [6.45, 7) is 0.359. The van der Waals surface area contributed by atoms with Crippen LogP contribution in [0.3, 0.4) is 0 Å². The zero-order valence-electron chi connectivity index (χ0n) is 14.2. The van der Waals surface area contributed by atoms with E-state index in [2.05, 4.69) is 10.3 Å². The molecule has 3 aromatic heterocycles. The molecular weight excluding hydrogens is 384 g/mol. The zero-order valence-corrected chi connectivity index (χ0v) is 15.8. The minimum Gasteiger partial charge on any atom is -0.467 e. The maximum absolute atomic E-state index is 13.0. The molecule has 1 saturated heterocycles. The molecule has 0 saturated carbocycles. The van der Waals surface area contributed by atoms with Crippen molar-refractivity contribution in [1.82, 2.24) is 14.3 Å². The molecule has 0 atom stereocenters. The predicted octanol–water partition coefficient (Wildman–Crippen LogP) is 2.73. The number of rotatable bonds is 4. The van der Waals surface area contributed by atoms with E-state index in [-0.39, 0.29) is 11.5 Å². The Bertz CT molecular complexity index is 1140. The Balaban J connectivity index is 1.82. The first-order valence-electron chi connectivity index (χ1n) is 8.04. The third-order valence-electron chi connectivity index (χ3n) is 4.04. The van der Waals surface area contributed by atoms with Gasteiger partial charge in [0.15, 0.2) is 0 Å². The van der Waals surface area contributed by atoms with Crippen LogP contribution in [0.2, 0.25) is 0 Å². The number of nitrogens with one attached hydrogen (secondary N) is 1. The van der Waals surface area contributed by atoms with Gasteiger partial charge in [-0.25, -0.2) is 4.98 Å². The fraction of sp³-hybridized carbons (Fsp3) is 0.111. The first-order chi connectivity index (χ1) is 13.0. The Morgan fingerprint density at radius 1 is 1.30 bits per heavy atom. The molecule has 1 aliphatic heterocycles. The van der Waals surface area contributed by atoms with Gasteiger partial charge in [0.2, 0.25) is 0 Å². The van der Waals surface area contributed by atoms with Gasteiger partial charge < -0.3 is 9.73 Å². The molecule has 0 radical (unpaired) electrons. The van der Waals surface area contributed by atoms with Crippen molar-refractivity contribution in [3.8, 4) is 0 Å². The number of hydrogen-bond acceptors (Lipinski definition) is 7. The molecule has 9 heteroatoms. The van der Waals surface area contributed by atoms with E-state index in [1.54, 1.807) is 49.8 Å². The molecule has 0 bridgehead atoms. The van der Waals surface area contributed by atoms with Crippen LogP contribution in [0.4, 0.5) is 5.82 Å². The Kier molecular flexibility index (Phi) is 4.54. The van der Waals surface area contributed by atoms with Crippen LogP contribution >= 0.6 is 24.0 Å². The molecular formula is C18H14N4O3S2. The first-order valence-corrected chi connectivity index (χ1v) is 9.26. The van der Waals surface area contributed by atoms with Crippen molar-refractivity contribution in [2.75, 3.05) is 12.4 Å². The highest BCUT2D eigenvalue weighted by Gasteiger charge is 2.29. The van der Waals surface area contributed by atoms with Crippen molar-refractivity contribution < 1.29 is 9.21 Å². The van der Waals surface area contributed by atoms with Crippen molar-refractivity contribution in [2.24, 2.45) is 0 Å². The number of likely N-dealkylation sites (N-methyl/N-ethyl adjacent to an activating group) is 1. The molecule has 7 nitrogen and oxygen atoms in total. The fourth-order valence-corrected chi connectivity index (χ4v) is 3.79. The van der Waals surface area contributed by atoms with E-state index in [9.17, 15) is 9.59 Å². The number of thiocarbonyl (C=S) groups is 1. The van der Waals surface area contributed by atoms with Crippen molar-refractivity contribution >= 4 is 51.7 Å². The van der Waals surface area contributed by atoms with E-state index >= 15 is 0 Å². The lowest BCUT2D eigenvalue weighted by Crippen LogP contribution is -2.23. The summed E-state index contributed by atoms with van der Waals surface area (Å²) in [5, 5.41) is 3.13. The predicted molar refractivity (Wildman–Crippen MR) is 108 cm³/mol. The van der Waals surface area contributed by atoms with Gasteiger partial charge in [0.05, 0.1) is 23.3 Å². The SMILES string of the molecule is CN1C(=O)/C(=C/c2c(NCc3ccco3)nc3ccccn3c2=O)SC1=S. The third-order valence-corrected chi connectivity index (χ3v) is 5.53. The second kappa shape index (κ2) is 7.01. The summed E-state index contributed by atoms with van der Waals surface area (Å²) >= 11 is 6.32. The lowest BCUT2D eigenvalue weighted by atomic mass is 10.2. The van der Waals surface area contributed by atoms with E-state index in [0.717, 1.165) is 11.8 Å². The smallest absolute Gasteiger partial charge is 0.267 e. The summed E-state index contributed by atoms with van der Waals surface area (Å²) in [7, 11) is 1.61. The minimum atomic E-state index is -0.274. The Labute approximate surface area is 163 Å². The van der Waals surface area contributed by atoms with Crippen molar-refractivity contribution in [3.05, 3.63) is 69.4 Å². The molecule has 1 amide bonds. The van der Waals surface area contributed by atoms with Crippen LogP contribution in [-0.4, -0.2) is 31.6 Å². The van der Waals surface area contributed by atoms with Gasteiger partial charge in [-0.05, 0) is 30.3 Å². The normalized spacial score (nSPS) is 15.9. The molecule has 1 aliphatic rings. The molecule has 3 aromatic rings. The van der Waals surface area contributed by atoms with E-state index in [4.69, 9.17) is 16.6 Å². The van der Waals surface area contributed by atoms with Crippen LogP contribution in [0.15, 0.2) is 56.9 Å². The van der Waals surface area contributed by atoms with Gasteiger partial charge in [-0.3, -0.25) is 18.9 Å². The van der Waals surface area contributed by atoms with E-state index in [1.807, 2.05) is 6.07 Å². The number of pyridine rings is 1. The highest BCUT2D eigenvalue weighted by atomic mass is 32.2. The zero-order chi connectivity index (χ0) is 19.0. The topological polar surface area (TPSA) is 79.8 Å². The van der Waals surface area contributed by atoms with Gasteiger partial charge in [-0.2, -0.15) is 0 Å². The molecule has 0 aliphatic carbocycles. The number of carbonyl (C=O) groups is 1. The molecule has 0 spiro atoms. The largest absolute Gasteiger partial charge is 0.467 e. The maximum atomic E-state index is 13.0. The monoisotopic (exact) mass is 398 g/mol. The maximum Gasteiger partial charge on any atom is 0.267 e. The minimum absolute atomic E-state index is 0.237. The summed E-state index contributed by atoms with van der Waals surface area (Å²) in [5.41, 5.74) is 0.521. The molecule has 27 heavy (non-hydrogen) atoms. The second-order valence-corrected chi connectivity index (χ2v) is 7.46. The first kappa shape index (κ1) is 17.5. The summed E-state index contributed by atoms with van der Waals surface area (Å²) < 4.78 is 7.21. The van der Waals surface area contributed by atoms with Crippen molar-refractivity contribution in [1.29, 1.82) is 0 Å². The number of fused-ring (bicyclic) bond motifs is 1. The summed E-state index contributed by atoms with van der Waals surface area (Å²) in [5.74, 6) is 0.847. The number of anilines is 1. The highest BCUT2D eigenvalue weighted by Crippen LogP contribution is 2.31. The summed E-state index contributed by atoms with van der Waals surface area (Å²) in [6, 6.07) is 8.91. The third kappa shape index (κ3) is 3.26. The van der Waals surface area contributed by atoms with Crippen LogP contribution in [0.5, 0.6) is 0 Å². The Morgan fingerprint density at radius 2 is 2.15 bits per heavy atom. The van der Waals surface area contributed by atoms with E-state index < -0.39 is 0 Å².